The molecule has 5 aliphatic heterocycles. The molecule has 16 nitrogen and oxygen atoms in total. The minimum absolute atomic E-state index is 0.0382. The maximum atomic E-state index is 15.6. The van der Waals surface area contributed by atoms with Crippen molar-refractivity contribution in [3.05, 3.63) is 65.0 Å². The summed E-state index contributed by atoms with van der Waals surface area (Å²) in [6, 6.07) is 3.71. The first-order valence-corrected chi connectivity index (χ1v) is 21.1. The Hall–Kier alpha value is -5.21. The van der Waals surface area contributed by atoms with Gasteiger partial charge in [0, 0.05) is 75.4 Å². The molecule has 8 heterocycles. The molecule has 4 saturated heterocycles. The summed E-state index contributed by atoms with van der Waals surface area (Å²) >= 11 is 4.57. The van der Waals surface area contributed by atoms with E-state index in [1.807, 2.05) is 9.80 Å². The van der Waals surface area contributed by atoms with Crippen LogP contribution in [0.1, 0.15) is 94.8 Å². The zero-order valence-electron chi connectivity index (χ0n) is 32.6. The van der Waals surface area contributed by atoms with Crippen molar-refractivity contribution in [3.8, 4) is 0 Å². The number of nitrogens with one attached hydrogen (secondary N) is 2. The van der Waals surface area contributed by atoms with E-state index in [0.29, 0.717) is 73.5 Å². The number of halogens is 3. The molecule has 3 aromatic heterocycles. The van der Waals surface area contributed by atoms with Crippen LogP contribution in [0.4, 0.5) is 30.4 Å². The fraction of sp³-hybridized carbons (Fsp3) is 0.525. The van der Waals surface area contributed by atoms with E-state index in [1.54, 1.807) is 29.2 Å². The number of rotatable bonds is 9. The van der Waals surface area contributed by atoms with E-state index in [9.17, 15) is 28.0 Å². The fourth-order valence-electron chi connectivity index (χ4n) is 9.98. The van der Waals surface area contributed by atoms with Crippen molar-refractivity contribution in [2.75, 3.05) is 61.0 Å². The molecule has 10 rings (SSSR count). The number of nitrogens with zero attached hydrogens (tertiary/aromatic N) is 9. The second kappa shape index (κ2) is 15.4. The van der Waals surface area contributed by atoms with Gasteiger partial charge in [0.05, 0.1) is 36.2 Å². The van der Waals surface area contributed by atoms with Gasteiger partial charge in [-0.2, -0.15) is 5.10 Å². The van der Waals surface area contributed by atoms with Gasteiger partial charge in [-0.05, 0) is 62.6 Å². The van der Waals surface area contributed by atoms with Crippen LogP contribution in [0.3, 0.4) is 0 Å². The van der Waals surface area contributed by atoms with Crippen LogP contribution in [0.5, 0.6) is 0 Å². The molecule has 0 radical (unpaired) electrons. The number of aromatic nitrogens is 5. The van der Waals surface area contributed by atoms with Crippen molar-refractivity contribution < 1.29 is 37.1 Å². The third-order valence-corrected chi connectivity index (χ3v) is 13.6. The van der Waals surface area contributed by atoms with Gasteiger partial charge in [0.15, 0.2) is 17.2 Å². The highest BCUT2D eigenvalue weighted by molar-refractivity contribution is 7.80. The summed E-state index contributed by atoms with van der Waals surface area (Å²) in [5.41, 5.74) is 1.07. The highest BCUT2D eigenvalue weighted by Gasteiger charge is 2.45. The van der Waals surface area contributed by atoms with Crippen LogP contribution in [-0.4, -0.2) is 122 Å². The summed E-state index contributed by atoms with van der Waals surface area (Å²) in [6.45, 7) is 4.45. The summed E-state index contributed by atoms with van der Waals surface area (Å²) in [5, 5.41) is 13.2. The molecule has 4 aromatic rings. The van der Waals surface area contributed by atoms with Gasteiger partial charge in [0.1, 0.15) is 22.8 Å². The predicted molar refractivity (Wildman–Crippen MR) is 214 cm³/mol. The Kier molecular flexibility index (Phi) is 9.97. The highest BCUT2D eigenvalue weighted by Crippen LogP contribution is 2.42. The molecule has 4 atom stereocenters. The SMILES string of the molecule is O=C1CC[C@@H](N2C(=O)c3cc(N4CCN(CC5CCC(n6cc(NC(=O)c7c(N8C[C@H]9C[C@@H]8CO9)nn8cccnc78)c(C(F)F)n6)CC5)CC4)c(F)cc3[C@H]2S)C(=O)N1. The number of imide groups is 1. The summed E-state index contributed by atoms with van der Waals surface area (Å²) in [4.78, 5) is 63.8. The highest BCUT2D eigenvalue weighted by atomic mass is 32.1. The lowest BCUT2D eigenvalue weighted by atomic mass is 9.85. The lowest BCUT2D eigenvalue weighted by molar-refractivity contribution is -0.137. The normalized spacial score (nSPS) is 27.1. The summed E-state index contributed by atoms with van der Waals surface area (Å²) < 4.78 is 53.3. The van der Waals surface area contributed by atoms with Gasteiger partial charge in [-0.15, -0.1) is 17.7 Å². The lowest BCUT2D eigenvalue weighted by Gasteiger charge is -2.39. The maximum absolute atomic E-state index is 15.6. The molecule has 6 aliphatic rings. The standard InChI is InChI=1S/C40H44F3N11O5S/c41-27-15-26-25(39(58)54(40(26)60)29-6-7-31(55)46-37(29)56)16-30(27)50-12-10-49(11-13-50)17-21-2-4-22(5-3-21)53-19-28(33(47-53)34(42)43)45-38(57)32-35-44-8-1-9-52(35)48-36(32)51-18-24-14-23(51)20-59-24/h1,8-9,15-16,19,21-24,29,34,40,60H,2-7,10-14,17-18,20H2,(H,45,57)(H,46,55,56)/t21?,22?,23-,24-,29-,40-/m1/s1. The quantitative estimate of drug-likeness (QED) is 0.165. The van der Waals surface area contributed by atoms with Crippen molar-refractivity contribution >= 4 is 59.1 Å². The smallest absolute Gasteiger partial charge is 0.284 e. The van der Waals surface area contributed by atoms with Gasteiger partial charge in [-0.1, -0.05) is 0 Å². The number of hydrogen-bond donors (Lipinski definition) is 3. The summed E-state index contributed by atoms with van der Waals surface area (Å²) in [5.74, 6) is -1.56. The van der Waals surface area contributed by atoms with Crippen molar-refractivity contribution in [3.63, 3.8) is 0 Å². The number of piperidine rings is 1. The molecule has 4 amide bonds. The van der Waals surface area contributed by atoms with Gasteiger partial charge in [0.2, 0.25) is 11.8 Å². The van der Waals surface area contributed by atoms with Crippen LogP contribution in [-0.2, 0) is 14.3 Å². The number of ether oxygens (including phenoxy) is 1. The summed E-state index contributed by atoms with van der Waals surface area (Å²) in [7, 11) is 0. The van der Waals surface area contributed by atoms with Crippen molar-refractivity contribution in [2.24, 2.45) is 5.92 Å². The van der Waals surface area contributed by atoms with Gasteiger partial charge < -0.3 is 24.8 Å². The molecular weight excluding hydrogens is 804 g/mol. The Morgan fingerprint density at radius 1 is 1.03 bits per heavy atom. The average Bonchev–Trinajstić information content (AvgIpc) is 4.08. The maximum Gasteiger partial charge on any atom is 0.284 e. The van der Waals surface area contributed by atoms with E-state index in [4.69, 9.17) is 4.74 Å². The van der Waals surface area contributed by atoms with E-state index in [-0.39, 0.29) is 48.2 Å². The Morgan fingerprint density at radius 2 is 1.83 bits per heavy atom. The summed E-state index contributed by atoms with van der Waals surface area (Å²) in [6.07, 6.45) is 6.27. The monoisotopic (exact) mass is 847 g/mol. The molecule has 0 spiro atoms. The number of hydrogen-bond acceptors (Lipinski definition) is 12. The van der Waals surface area contributed by atoms with E-state index in [0.717, 1.165) is 38.6 Å². The van der Waals surface area contributed by atoms with Crippen molar-refractivity contribution in [1.82, 2.24) is 39.5 Å². The van der Waals surface area contributed by atoms with Crippen LogP contribution >= 0.6 is 12.6 Å². The Labute approximate surface area is 347 Å². The molecule has 0 unspecified atom stereocenters. The van der Waals surface area contributed by atoms with Gasteiger partial charge in [0.25, 0.3) is 18.2 Å². The van der Waals surface area contributed by atoms with Crippen LogP contribution in [0.2, 0.25) is 0 Å². The zero-order chi connectivity index (χ0) is 41.4. The van der Waals surface area contributed by atoms with Crippen LogP contribution in [0, 0.1) is 11.7 Å². The minimum Gasteiger partial charge on any atom is -0.374 e. The molecular formula is C40H44F3N11O5S. The molecule has 60 heavy (non-hydrogen) atoms. The number of benzene rings is 1. The first kappa shape index (κ1) is 39.0. The first-order valence-electron chi connectivity index (χ1n) is 20.6. The third-order valence-electron chi connectivity index (χ3n) is 13.1. The number of amides is 4. The number of morpholine rings is 1. The number of carbonyl (C=O) groups excluding carboxylic acids is 4. The molecule has 5 fully saturated rings. The predicted octanol–water partition coefficient (Wildman–Crippen LogP) is 3.98. The van der Waals surface area contributed by atoms with E-state index >= 15 is 4.39 Å². The number of piperazine rings is 1. The van der Waals surface area contributed by atoms with Gasteiger partial charge >= 0.3 is 0 Å². The molecule has 20 heteroatoms. The second-order valence-corrected chi connectivity index (χ2v) is 17.1. The van der Waals surface area contributed by atoms with Crippen molar-refractivity contribution in [1.29, 1.82) is 0 Å². The van der Waals surface area contributed by atoms with E-state index in [2.05, 4.69) is 43.3 Å². The average molecular weight is 848 g/mol. The molecule has 1 aliphatic carbocycles. The van der Waals surface area contributed by atoms with Crippen LogP contribution < -0.4 is 20.4 Å². The number of thiol groups is 1. The topological polar surface area (TPSA) is 163 Å². The van der Waals surface area contributed by atoms with Crippen LogP contribution in [0.25, 0.3) is 5.65 Å². The number of fused-ring (bicyclic) bond motifs is 4. The van der Waals surface area contributed by atoms with Crippen molar-refractivity contribution in [2.45, 2.75) is 81.0 Å². The molecule has 316 valence electrons. The first-order chi connectivity index (χ1) is 29.0. The number of anilines is 3. The molecule has 2 bridgehead atoms. The molecule has 1 aromatic carbocycles. The Balaban J connectivity index is 0.755. The van der Waals surface area contributed by atoms with Crippen LogP contribution in [0.15, 0.2) is 36.8 Å². The van der Waals surface area contributed by atoms with E-state index < -0.39 is 47.1 Å². The van der Waals surface area contributed by atoms with Gasteiger partial charge in [-0.25, -0.2) is 22.7 Å². The minimum atomic E-state index is -2.90. The van der Waals surface area contributed by atoms with Gasteiger partial charge in [-0.3, -0.25) is 34.1 Å². The fourth-order valence-corrected chi connectivity index (χ4v) is 10.5. The zero-order valence-corrected chi connectivity index (χ0v) is 33.4. The second-order valence-electron chi connectivity index (χ2n) is 16.7. The number of carbonyl (C=O) groups is 4. The molecule has 2 N–H and O–H groups in total. The number of alkyl halides is 2. The Bertz CT molecular complexity index is 2380. The molecule has 1 saturated carbocycles. The third kappa shape index (κ3) is 6.85. The van der Waals surface area contributed by atoms with E-state index in [1.165, 1.54) is 21.7 Å². The largest absolute Gasteiger partial charge is 0.374 e. The lowest BCUT2D eigenvalue weighted by Crippen LogP contribution is -2.53. The Morgan fingerprint density at radius 3 is 2.55 bits per heavy atom.